The molecule has 0 fully saturated rings. The van der Waals surface area contributed by atoms with E-state index in [2.05, 4.69) is 4.98 Å². The van der Waals surface area contributed by atoms with Gasteiger partial charge in [0.05, 0.1) is 0 Å². The van der Waals surface area contributed by atoms with Crippen LogP contribution in [0.2, 0.25) is 0 Å². The average Bonchev–Trinajstić information content (AvgIpc) is 2.84. The fourth-order valence-corrected chi connectivity index (χ4v) is 2.65. The molecule has 7 nitrogen and oxygen atoms in total. The summed E-state index contributed by atoms with van der Waals surface area (Å²) in [6.45, 7) is 8.92. The van der Waals surface area contributed by atoms with E-state index >= 15 is 0 Å². The molecule has 2 rings (SSSR count). The van der Waals surface area contributed by atoms with E-state index in [1.807, 2.05) is 32.3 Å². The highest BCUT2D eigenvalue weighted by molar-refractivity contribution is 5.71. The predicted molar refractivity (Wildman–Crippen MR) is 87.3 cm³/mol. The third-order valence-electron chi connectivity index (χ3n) is 4.03. The summed E-state index contributed by atoms with van der Waals surface area (Å²) < 4.78 is 4.57. The number of rotatable bonds is 5. The van der Waals surface area contributed by atoms with Crippen LogP contribution in [-0.4, -0.2) is 24.7 Å². The highest BCUT2D eigenvalue weighted by atomic mass is 16.2. The molecule has 0 aliphatic carbocycles. The second-order valence-corrected chi connectivity index (χ2v) is 5.97. The summed E-state index contributed by atoms with van der Waals surface area (Å²) in [4.78, 5) is 29.4. The molecule has 0 spiro atoms. The number of hydrogen-bond acceptors (Lipinski definition) is 4. The lowest BCUT2D eigenvalue weighted by Gasteiger charge is -2.15. The zero-order valence-electron chi connectivity index (χ0n) is 14.0. The van der Waals surface area contributed by atoms with Crippen molar-refractivity contribution >= 4 is 11.2 Å². The van der Waals surface area contributed by atoms with Crippen molar-refractivity contribution in [2.24, 2.45) is 12.8 Å². The monoisotopic (exact) mass is 307 g/mol. The Morgan fingerprint density at radius 3 is 2.32 bits per heavy atom. The molecule has 22 heavy (non-hydrogen) atoms. The molecule has 0 aliphatic heterocycles. The number of imidazole rings is 1. The highest BCUT2D eigenvalue weighted by Crippen LogP contribution is 2.19. The summed E-state index contributed by atoms with van der Waals surface area (Å²) in [5.74, 6) is 0.936. The van der Waals surface area contributed by atoms with E-state index in [1.54, 1.807) is 0 Å². The first-order chi connectivity index (χ1) is 10.3. The van der Waals surface area contributed by atoms with Gasteiger partial charge in [-0.2, -0.15) is 0 Å². The summed E-state index contributed by atoms with van der Waals surface area (Å²) in [5.41, 5.74) is 6.37. The first-order valence-corrected chi connectivity index (χ1v) is 7.78. The van der Waals surface area contributed by atoms with Crippen LogP contribution in [0.4, 0.5) is 0 Å². The highest BCUT2D eigenvalue weighted by Gasteiger charge is 2.22. The van der Waals surface area contributed by atoms with Gasteiger partial charge in [0, 0.05) is 32.1 Å². The molecule has 0 saturated carbocycles. The molecule has 1 atom stereocenters. The van der Waals surface area contributed by atoms with Crippen molar-refractivity contribution in [3.63, 3.8) is 0 Å². The van der Waals surface area contributed by atoms with E-state index in [-0.39, 0.29) is 23.2 Å². The lowest BCUT2D eigenvalue weighted by atomic mass is 10.2. The van der Waals surface area contributed by atoms with Crippen molar-refractivity contribution in [2.75, 3.05) is 0 Å². The molecule has 2 aromatic rings. The normalized spacial score (nSPS) is 13.2. The van der Waals surface area contributed by atoms with Gasteiger partial charge in [-0.3, -0.25) is 13.9 Å². The minimum absolute atomic E-state index is 0.0541. The fraction of sp³-hybridized carbons (Fsp3) is 0.667. The maximum absolute atomic E-state index is 12.6. The van der Waals surface area contributed by atoms with Crippen LogP contribution in [0.1, 0.15) is 45.9 Å². The van der Waals surface area contributed by atoms with Gasteiger partial charge in [0.2, 0.25) is 0 Å². The smallest absolute Gasteiger partial charge is 0.326 e. The zero-order valence-corrected chi connectivity index (χ0v) is 14.0. The van der Waals surface area contributed by atoms with Crippen LogP contribution in [-0.2, 0) is 20.1 Å². The first-order valence-electron chi connectivity index (χ1n) is 7.78. The minimum atomic E-state index is -0.334. The summed E-state index contributed by atoms with van der Waals surface area (Å²) in [7, 11) is 1.50. The molecule has 0 aromatic carbocycles. The van der Waals surface area contributed by atoms with Gasteiger partial charge < -0.3 is 10.3 Å². The Bertz CT molecular complexity index is 797. The molecule has 7 heteroatoms. The Hall–Kier alpha value is -1.89. The quantitative estimate of drug-likeness (QED) is 0.884. The summed E-state index contributed by atoms with van der Waals surface area (Å²) in [6.07, 6.45) is 0.810. The summed E-state index contributed by atoms with van der Waals surface area (Å²) >= 11 is 0. The Morgan fingerprint density at radius 2 is 1.82 bits per heavy atom. The van der Waals surface area contributed by atoms with E-state index in [9.17, 15) is 9.59 Å². The molecule has 2 N–H and O–H groups in total. The molecule has 2 heterocycles. The fourth-order valence-electron chi connectivity index (χ4n) is 2.65. The molecular formula is C15H25N5O2. The van der Waals surface area contributed by atoms with Crippen molar-refractivity contribution < 1.29 is 0 Å². The van der Waals surface area contributed by atoms with Gasteiger partial charge >= 0.3 is 5.69 Å². The molecule has 0 aliphatic rings. The Morgan fingerprint density at radius 1 is 1.18 bits per heavy atom. The maximum atomic E-state index is 12.6. The lowest BCUT2D eigenvalue weighted by Crippen LogP contribution is -2.39. The molecule has 0 bridgehead atoms. The Labute approximate surface area is 129 Å². The van der Waals surface area contributed by atoms with Crippen LogP contribution < -0.4 is 17.0 Å². The Balaban J connectivity index is 2.92. The van der Waals surface area contributed by atoms with Crippen molar-refractivity contribution in [1.29, 1.82) is 0 Å². The van der Waals surface area contributed by atoms with Crippen molar-refractivity contribution in [2.45, 2.75) is 59.2 Å². The average molecular weight is 307 g/mol. The predicted octanol–water partition coefficient (Wildman–Crippen LogP) is 0.777. The summed E-state index contributed by atoms with van der Waals surface area (Å²) in [6, 6.07) is -0.0541. The van der Waals surface area contributed by atoms with Crippen LogP contribution in [0, 0.1) is 0 Å². The topological polar surface area (TPSA) is 87.8 Å². The molecule has 122 valence electrons. The van der Waals surface area contributed by atoms with E-state index < -0.39 is 0 Å². The van der Waals surface area contributed by atoms with Crippen LogP contribution in [0.15, 0.2) is 9.59 Å². The minimum Gasteiger partial charge on any atom is -0.326 e. The van der Waals surface area contributed by atoms with Crippen LogP contribution in [0.25, 0.3) is 11.2 Å². The van der Waals surface area contributed by atoms with Gasteiger partial charge in [-0.1, -0.05) is 20.8 Å². The van der Waals surface area contributed by atoms with Gasteiger partial charge in [-0.25, -0.2) is 9.78 Å². The number of aryl methyl sites for hydroxylation is 1. The number of nitrogens with zero attached hydrogens (tertiary/aromatic N) is 4. The zero-order chi connectivity index (χ0) is 16.6. The van der Waals surface area contributed by atoms with Gasteiger partial charge in [0.25, 0.3) is 5.56 Å². The molecule has 2 aromatic heterocycles. The third kappa shape index (κ3) is 2.49. The van der Waals surface area contributed by atoms with Crippen molar-refractivity contribution in [3.8, 4) is 0 Å². The number of hydrogen-bond donors (Lipinski definition) is 1. The summed E-state index contributed by atoms with van der Waals surface area (Å²) in [5, 5.41) is 0. The number of fused-ring (bicyclic) bond motifs is 1. The standard InChI is InChI=1S/C15H25N5O2/c1-6-10(16)8-20-11-13(17-12(20)9(3)4)19(7-2)15(22)18(5)14(11)21/h9-10H,6-8,16H2,1-5H3. The SMILES string of the molecule is CCC(N)Cn1c(C(C)C)nc2c1c(=O)n(C)c(=O)n2CC. The van der Waals surface area contributed by atoms with Crippen LogP contribution >= 0.6 is 0 Å². The second kappa shape index (κ2) is 6.08. The number of nitrogens with two attached hydrogens (primary N) is 1. The van der Waals surface area contributed by atoms with Crippen molar-refractivity contribution in [1.82, 2.24) is 18.7 Å². The second-order valence-electron chi connectivity index (χ2n) is 5.97. The third-order valence-corrected chi connectivity index (χ3v) is 4.03. The maximum Gasteiger partial charge on any atom is 0.332 e. The Kier molecular flexibility index (Phi) is 4.55. The van der Waals surface area contributed by atoms with E-state index in [0.717, 1.165) is 16.8 Å². The van der Waals surface area contributed by atoms with Gasteiger partial charge in [-0.15, -0.1) is 0 Å². The molecular weight excluding hydrogens is 282 g/mol. The molecule has 0 saturated heterocycles. The lowest BCUT2D eigenvalue weighted by molar-refractivity contribution is 0.521. The van der Waals surface area contributed by atoms with Crippen LogP contribution in [0.5, 0.6) is 0 Å². The molecule has 0 amide bonds. The van der Waals surface area contributed by atoms with Gasteiger partial charge in [0.15, 0.2) is 11.2 Å². The van der Waals surface area contributed by atoms with E-state index in [4.69, 9.17) is 5.73 Å². The van der Waals surface area contributed by atoms with E-state index in [1.165, 1.54) is 11.6 Å². The van der Waals surface area contributed by atoms with E-state index in [0.29, 0.717) is 24.3 Å². The first kappa shape index (κ1) is 16.5. The van der Waals surface area contributed by atoms with Crippen LogP contribution in [0.3, 0.4) is 0 Å². The van der Waals surface area contributed by atoms with Gasteiger partial charge in [0.1, 0.15) is 5.82 Å². The number of aromatic nitrogens is 4. The largest absolute Gasteiger partial charge is 0.332 e. The molecule has 0 radical (unpaired) electrons. The molecule has 1 unspecified atom stereocenters. The van der Waals surface area contributed by atoms with Crippen molar-refractivity contribution in [3.05, 3.63) is 26.7 Å². The van der Waals surface area contributed by atoms with Gasteiger partial charge in [-0.05, 0) is 13.3 Å².